The zero-order valence-corrected chi connectivity index (χ0v) is 11.9. The molecule has 1 aliphatic rings. The van der Waals surface area contributed by atoms with Gasteiger partial charge in [-0.3, -0.25) is 9.59 Å². The van der Waals surface area contributed by atoms with Crippen molar-refractivity contribution < 1.29 is 9.59 Å². The third-order valence-corrected chi connectivity index (χ3v) is 4.58. The number of ketones is 1. The highest BCUT2D eigenvalue weighted by Crippen LogP contribution is 2.49. The van der Waals surface area contributed by atoms with Gasteiger partial charge in [-0.25, -0.2) is 0 Å². The van der Waals surface area contributed by atoms with Crippen LogP contribution in [0.25, 0.3) is 0 Å². The number of Topliss-reactive ketones (excluding diaryl/α,β-unsaturated/α-hetero) is 1. The van der Waals surface area contributed by atoms with Crippen LogP contribution in [0.1, 0.15) is 34.5 Å². The Hall–Kier alpha value is -1.94. The number of rotatable bonds is 4. The zero-order valence-electron chi connectivity index (χ0n) is 11.1. The molecule has 2 atom stereocenters. The third kappa shape index (κ3) is 2.65. The Labute approximate surface area is 121 Å². The van der Waals surface area contributed by atoms with Crippen LogP contribution in [-0.2, 0) is 4.79 Å². The summed E-state index contributed by atoms with van der Waals surface area (Å²) in [6.07, 6.45) is 0.915. The van der Waals surface area contributed by atoms with E-state index in [1.165, 1.54) is 11.8 Å². The van der Waals surface area contributed by atoms with Gasteiger partial charge < -0.3 is 5.32 Å². The molecule has 1 amide bonds. The molecule has 1 heterocycles. The molecule has 2 unspecified atom stereocenters. The van der Waals surface area contributed by atoms with Gasteiger partial charge in [0.15, 0.2) is 5.78 Å². The van der Waals surface area contributed by atoms with Gasteiger partial charge in [-0.15, -0.1) is 11.3 Å². The standard InChI is InChI=1S/C16H15NO2S/c1-10(18)11-4-2-5-12(8-11)17-16(19)14-9-13(14)15-6-3-7-20-15/h2-8,13-14H,9H2,1H3,(H,17,19). The first-order valence-corrected chi connectivity index (χ1v) is 7.48. The van der Waals surface area contributed by atoms with Crippen molar-refractivity contribution in [2.45, 2.75) is 19.3 Å². The molecule has 0 saturated heterocycles. The van der Waals surface area contributed by atoms with Gasteiger partial charge in [0, 0.05) is 28.0 Å². The first kappa shape index (κ1) is 13.1. The predicted octanol–water partition coefficient (Wildman–Crippen LogP) is 3.69. The summed E-state index contributed by atoms with van der Waals surface area (Å²) in [4.78, 5) is 24.8. The Morgan fingerprint density at radius 3 is 2.80 bits per heavy atom. The molecular formula is C16H15NO2S. The van der Waals surface area contributed by atoms with Crippen LogP contribution in [0.3, 0.4) is 0 Å². The summed E-state index contributed by atoms with van der Waals surface area (Å²) in [5.41, 5.74) is 1.31. The second-order valence-corrected chi connectivity index (χ2v) is 6.07. The summed E-state index contributed by atoms with van der Waals surface area (Å²) in [6, 6.07) is 11.2. The van der Waals surface area contributed by atoms with E-state index in [2.05, 4.69) is 11.4 Å². The molecule has 4 heteroatoms. The maximum atomic E-state index is 12.2. The van der Waals surface area contributed by atoms with Gasteiger partial charge in [0.2, 0.25) is 5.91 Å². The van der Waals surface area contributed by atoms with Crippen LogP contribution in [0, 0.1) is 5.92 Å². The van der Waals surface area contributed by atoms with Gasteiger partial charge in [0.25, 0.3) is 0 Å². The van der Waals surface area contributed by atoms with Crippen LogP contribution in [0.15, 0.2) is 41.8 Å². The SMILES string of the molecule is CC(=O)c1cccc(NC(=O)C2CC2c2cccs2)c1. The van der Waals surface area contributed by atoms with Crippen molar-refractivity contribution in [2.75, 3.05) is 5.32 Å². The molecule has 0 aliphatic heterocycles. The van der Waals surface area contributed by atoms with E-state index in [-0.39, 0.29) is 17.6 Å². The minimum Gasteiger partial charge on any atom is -0.326 e. The number of carbonyl (C=O) groups is 2. The summed E-state index contributed by atoms with van der Waals surface area (Å²) >= 11 is 1.70. The summed E-state index contributed by atoms with van der Waals surface area (Å²) in [5, 5.41) is 4.95. The Bertz CT molecular complexity index is 648. The summed E-state index contributed by atoms with van der Waals surface area (Å²) in [5.74, 6) is 0.480. The van der Waals surface area contributed by atoms with Crippen molar-refractivity contribution in [1.82, 2.24) is 0 Å². The van der Waals surface area contributed by atoms with Crippen LogP contribution in [0.5, 0.6) is 0 Å². The quantitative estimate of drug-likeness (QED) is 0.871. The molecule has 0 spiro atoms. The molecule has 0 bridgehead atoms. The number of anilines is 1. The average Bonchev–Trinajstić information content (AvgIpc) is 3.05. The molecule has 1 aromatic carbocycles. The average molecular weight is 285 g/mol. The third-order valence-electron chi connectivity index (χ3n) is 3.57. The number of hydrogen-bond acceptors (Lipinski definition) is 3. The number of carbonyl (C=O) groups excluding carboxylic acids is 2. The van der Waals surface area contributed by atoms with Gasteiger partial charge in [-0.05, 0) is 36.9 Å². The number of thiophene rings is 1. The van der Waals surface area contributed by atoms with Crippen molar-refractivity contribution in [3.63, 3.8) is 0 Å². The van der Waals surface area contributed by atoms with Crippen LogP contribution in [0.4, 0.5) is 5.69 Å². The minimum absolute atomic E-state index is 0.00369. The van der Waals surface area contributed by atoms with E-state index in [4.69, 9.17) is 0 Å². The molecule has 1 aromatic heterocycles. The van der Waals surface area contributed by atoms with Gasteiger partial charge in [0.05, 0.1) is 0 Å². The summed E-state index contributed by atoms with van der Waals surface area (Å²) in [6.45, 7) is 1.52. The van der Waals surface area contributed by atoms with Gasteiger partial charge >= 0.3 is 0 Å². The van der Waals surface area contributed by atoms with E-state index in [1.54, 1.807) is 29.5 Å². The second kappa shape index (κ2) is 5.21. The predicted molar refractivity (Wildman–Crippen MR) is 80.2 cm³/mol. The highest BCUT2D eigenvalue weighted by atomic mass is 32.1. The van der Waals surface area contributed by atoms with Crippen molar-refractivity contribution in [3.8, 4) is 0 Å². The number of amides is 1. The largest absolute Gasteiger partial charge is 0.326 e. The van der Waals surface area contributed by atoms with Gasteiger partial charge in [-0.2, -0.15) is 0 Å². The molecule has 1 fully saturated rings. The summed E-state index contributed by atoms with van der Waals surface area (Å²) in [7, 11) is 0. The van der Waals surface area contributed by atoms with Crippen molar-refractivity contribution in [2.24, 2.45) is 5.92 Å². The molecule has 2 aromatic rings. The van der Waals surface area contributed by atoms with E-state index in [1.807, 2.05) is 17.5 Å². The highest BCUT2D eigenvalue weighted by molar-refractivity contribution is 7.10. The van der Waals surface area contributed by atoms with E-state index in [0.717, 1.165) is 6.42 Å². The Kier molecular flexibility index (Phi) is 3.40. The van der Waals surface area contributed by atoms with E-state index in [9.17, 15) is 9.59 Å². The maximum Gasteiger partial charge on any atom is 0.228 e. The normalized spacial score (nSPS) is 20.4. The Morgan fingerprint density at radius 2 is 2.10 bits per heavy atom. The van der Waals surface area contributed by atoms with Crippen LogP contribution < -0.4 is 5.32 Å². The van der Waals surface area contributed by atoms with E-state index < -0.39 is 0 Å². The Balaban J connectivity index is 1.66. The molecule has 20 heavy (non-hydrogen) atoms. The molecule has 1 aliphatic carbocycles. The molecule has 3 rings (SSSR count). The highest BCUT2D eigenvalue weighted by Gasteiger charge is 2.44. The molecule has 0 radical (unpaired) electrons. The van der Waals surface area contributed by atoms with Gasteiger partial charge in [0.1, 0.15) is 0 Å². The van der Waals surface area contributed by atoms with E-state index in [0.29, 0.717) is 17.2 Å². The van der Waals surface area contributed by atoms with Crippen LogP contribution >= 0.6 is 11.3 Å². The minimum atomic E-state index is 0.00369. The zero-order chi connectivity index (χ0) is 14.1. The number of hydrogen-bond donors (Lipinski definition) is 1. The summed E-state index contributed by atoms with van der Waals surface area (Å²) < 4.78 is 0. The first-order chi connectivity index (χ1) is 9.65. The lowest BCUT2D eigenvalue weighted by Crippen LogP contribution is -2.14. The van der Waals surface area contributed by atoms with Gasteiger partial charge in [-0.1, -0.05) is 18.2 Å². The lowest BCUT2D eigenvalue weighted by atomic mass is 10.1. The molecular weight excluding hydrogens is 270 g/mol. The van der Waals surface area contributed by atoms with Crippen molar-refractivity contribution in [3.05, 3.63) is 52.2 Å². The van der Waals surface area contributed by atoms with E-state index >= 15 is 0 Å². The number of benzene rings is 1. The lowest BCUT2D eigenvalue weighted by molar-refractivity contribution is -0.117. The fraction of sp³-hybridized carbons (Fsp3) is 0.250. The van der Waals surface area contributed by atoms with Crippen LogP contribution in [-0.4, -0.2) is 11.7 Å². The molecule has 102 valence electrons. The lowest BCUT2D eigenvalue weighted by Gasteiger charge is -2.06. The van der Waals surface area contributed by atoms with Crippen molar-refractivity contribution >= 4 is 28.7 Å². The maximum absolute atomic E-state index is 12.2. The smallest absolute Gasteiger partial charge is 0.228 e. The van der Waals surface area contributed by atoms with Crippen molar-refractivity contribution in [1.29, 1.82) is 0 Å². The van der Waals surface area contributed by atoms with Crippen LogP contribution in [0.2, 0.25) is 0 Å². The topological polar surface area (TPSA) is 46.2 Å². The first-order valence-electron chi connectivity index (χ1n) is 6.60. The fourth-order valence-corrected chi connectivity index (χ4v) is 3.26. The molecule has 1 N–H and O–H groups in total. The molecule has 1 saturated carbocycles. The monoisotopic (exact) mass is 285 g/mol. The molecule has 3 nitrogen and oxygen atoms in total. The fourth-order valence-electron chi connectivity index (χ4n) is 2.35. The second-order valence-electron chi connectivity index (χ2n) is 5.09. The number of nitrogens with one attached hydrogen (secondary N) is 1. The Morgan fingerprint density at radius 1 is 1.25 bits per heavy atom.